The van der Waals surface area contributed by atoms with Crippen LogP contribution >= 0.6 is 0 Å². The number of benzene rings is 1. The van der Waals surface area contributed by atoms with Gasteiger partial charge >= 0.3 is 0 Å². The minimum Gasteiger partial charge on any atom is -0.347 e. The van der Waals surface area contributed by atoms with Crippen LogP contribution in [0.25, 0.3) is 0 Å². The Bertz CT molecular complexity index is 1100. The highest BCUT2D eigenvalue weighted by atomic mass is 32.2. The Morgan fingerprint density at radius 2 is 1.71 bits per heavy atom. The monoisotopic (exact) mass is 512 g/mol. The van der Waals surface area contributed by atoms with Crippen LogP contribution in [0.4, 0.5) is 0 Å². The van der Waals surface area contributed by atoms with Gasteiger partial charge in [-0.05, 0) is 56.6 Å². The fraction of sp³-hybridized carbons (Fsp3) is 0.652. The largest absolute Gasteiger partial charge is 0.347 e. The summed E-state index contributed by atoms with van der Waals surface area (Å²) in [6.07, 6.45) is 5.10. The van der Waals surface area contributed by atoms with E-state index in [9.17, 15) is 21.6 Å². The Morgan fingerprint density at radius 1 is 1.12 bits per heavy atom. The zero-order chi connectivity index (χ0) is 25.0. The van der Waals surface area contributed by atoms with Crippen molar-refractivity contribution >= 4 is 31.6 Å². The molecule has 1 atom stereocenters. The molecule has 0 unspecified atom stereocenters. The minimum absolute atomic E-state index is 0.0218. The van der Waals surface area contributed by atoms with Crippen LogP contribution in [0.1, 0.15) is 58.8 Å². The molecule has 1 saturated heterocycles. The summed E-state index contributed by atoms with van der Waals surface area (Å²) < 4.78 is 51.7. The predicted molar refractivity (Wildman–Crippen MR) is 133 cm³/mol. The molecule has 1 aromatic carbocycles. The van der Waals surface area contributed by atoms with Crippen LogP contribution in [0.5, 0.6) is 0 Å². The number of sulfonamides is 1. The van der Waals surface area contributed by atoms with Crippen molar-refractivity contribution in [3.05, 3.63) is 30.3 Å². The van der Waals surface area contributed by atoms with Crippen molar-refractivity contribution in [3.8, 4) is 0 Å². The molecule has 1 heterocycles. The summed E-state index contributed by atoms with van der Waals surface area (Å²) in [5, 5.41) is 3.00. The summed E-state index contributed by atoms with van der Waals surface area (Å²) in [5.74, 6) is -0.271. The van der Waals surface area contributed by atoms with Crippen molar-refractivity contribution in [2.24, 2.45) is 16.1 Å². The molecule has 9 nitrogen and oxygen atoms in total. The van der Waals surface area contributed by atoms with Crippen molar-refractivity contribution in [2.45, 2.75) is 75.3 Å². The average Bonchev–Trinajstić information content (AvgIpc) is 3.21. The number of hydrogen-bond acceptors (Lipinski definition) is 7. The van der Waals surface area contributed by atoms with Gasteiger partial charge in [0.15, 0.2) is 9.84 Å². The van der Waals surface area contributed by atoms with Crippen LogP contribution in [-0.4, -0.2) is 58.2 Å². The number of aliphatic imine (C=N–C) groups is 1. The van der Waals surface area contributed by atoms with Crippen molar-refractivity contribution in [2.75, 3.05) is 18.1 Å². The van der Waals surface area contributed by atoms with Crippen LogP contribution in [0.3, 0.4) is 0 Å². The molecule has 34 heavy (non-hydrogen) atoms. The van der Waals surface area contributed by atoms with Gasteiger partial charge in [0.2, 0.25) is 5.91 Å². The molecule has 1 aromatic rings. The van der Waals surface area contributed by atoms with Crippen LogP contribution in [-0.2, 0) is 24.7 Å². The van der Waals surface area contributed by atoms with E-state index in [1.54, 1.807) is 18.2 Å². The zero-order valence-corrected chi connectivity index (χ0v) is 21.6. The molecule has 1 saturated carbocycles. The first-order chi connectivity index (χ1) is 15.9. The van der Waals surface area contributed by atoms with Gasteiger partial charge in [-0.15, -0.1) is 0 Å². The number of nitrogens with two attached hydrogens (primary N) is 1. The van der Waals surface area contributed by atoms with Crippen molar-refractivity contribution < 1.29 is 21.6 Å². The van der Waals surface area contributed by atoms with Gasteiger partial charge in [0.25, 0.3) is 10.0 Å². The van der Waals surface area contributed by atoms with E-state index in [0.717, 1.165) is 25.7 Å². The van der Waals surface area contributed by atoms with E-state index < -0.39 is 31.4 Å². The molecule has 1 aliphatic carbocycles. The molecule has 1 amide bonds. The smallest absolute Gasteiger partial charge is 0.262 e. The normalized spacial score (nSPS) is 22.6. The van der Waals surface area contributed by atoms with Crippen molar-refractivity contribution in [1.29, 1.82) is 0 Å². The SMILES string of the molecule is CC(=N[C@@H](CC1(C)CCCC1)C(=O)NC1(CN)CCS(=O)(=O)CC1)NS(=O)(=O)c1ccccc1. The second-order valence-electron chi connectivity index (χ2n) is 10.00. The number of amides is 1. The first-order valence-electron chi connectivity index (χ1n) is 11.7. The summed E-state index contributed by atoms with van der Waals surface area (Å²) in [6, 6.07) is 7.16. The molecule has 3 rings (SSSR count). The number of hydrogen-bond donors (Lipinski definition) is 3. The fourth-order valence-corrected chi connectivity index (χ4v) is 7.55. The lowest BCUT2D eigenvalue weighted by Crippen LogP contribution is -2.59. The lowest BCUT2D eigenvalue weighted by molar-refractivity contribution is -0.125. The van der Waals surface area contributed by atoms with Crippen LogP contribution in [0.15, 0.2) is 40.2 Å². The molecule has 4 N–H and O–H groups in total. The van der Waals surface area contributed by atoms with E-state index in [-0.39, 0.29) is 52.9 Å². The third-order valence-corrected chi connectivity index (χ3v) is 10.2. The van der Waals surface area contributed by atoms with E-state index >= 15 is 0 Å². The topological polar surface area (TPSA) is 148 Å². The average molecular weight is 513 g/mol. The summed E-state index contributed by atoms with van der Waals surface area (Å²) in [5.41, 5.74) is 5.10. The first-order valence-corrected chi connectivity index (χ1v) is 15.0. The maximum Gasteiger partial charge on any atom is 0.262 e. The zero-order valence-electron chi connectivity index (χ0n) is 19.9. The second-order valence-corrected chi connectivity index (χ2v) is 14.0. The standard InChI is InChI=1S/C23H36N4O5S2/c1-18(27-34(31,32)19-8-4-3-5-9-19)25-20(16-22(2)10-6-7-11-22)21(28)26-23(17-24)12-14-33(29,30)15-13-23/h3-5,8-9,20H,6-7,10-17,24H2,1-2H3,(H,25,27)(H,26,28)/t20-/m0/s1. The maximum absolute atomic E-state index is 13.4. The summed E-state index contributed by atoms with van der Waals surface area (Å²) in [6.45, 7) is 3.79. The van der Waals surface area contributed by atoms with Crippen molar-refractivity contribution in [1.82, 2.24) is 10.0 Å². The lowest BCUT2D eigenvalue weighted by atomic mass is 9.81. The Labute approximate surface area is 203 Å². The Hall–Kier alpha value is -1.98. The molecule has 0 bridgehead atoms. The number of rotatable bonds is 8. The molecule has 0 radical (unpaired) electrons. The number of nitrogens with one attached hydrogen (secondary N) is 2. The lowest BCUT2D eigenvalue weighted by Gasteiger charge is -2.38. The van der Waals surface area contributed by atoms with Gasteiger partial charge < -0.3 is 11.1 Å². The molecule has 2 aliphatic rings. The number of amidine groups is 1. The number of carbonyl (C=O) groups excluding carboxylic acids is 1. The fourth-order valence-electron chi connectivity index (χ4n) is 4.86. The number of sulfone groups is 1. The molecule has 2 fully saturated rings. The Balaban J connectivity index is 1.82. The van der Waals surface area contributed by atoms with Crippen molar-refractivity contribution in [3.63, 3.8) is 0 Å². The quantitative estimate of drug-likeness (QED) is 0.357. The van der Waals surface area contributed by atoms with Gasteiger partial charge in [0.05, 0.1) is 21.9 Å². The minimum atomic E-state index is -3.83. The van der Waals surface area contributed by atoms with Gasteiger partial charge in [-0.2, -0.15) is 0 Å². The third kappa shape index (κ3) is 6.79. The van der Waals surface area contributed by atoms with E-state index in [1.807, 2.05) is 0 Å². The molecule has 11 heteroatoms. The van der Waals surface area contributed by atoms with Gasteiger partial charge in [0.1, 0.15) is 11.9 Å². The predicted octanol–water partition coefficient (Wildman–Crippen LogP) is 1.74. The molecule has 0 aromatic heterocycles. The van der Waals surface area contributed by atoms with Crippen LogP contribution < -0.4 is 15.8 Å². The molecule has 1 aliphatic heterocycles. The third-order valence-electron chi connectivity index (χ3n) is 7.05. The van der Waals surface area contributed by atoms with Crippen LogP contribution in [0, 0.1) is 5.41 Å². The second kappa shape index (κ2) is 10.3. The van der Waals surface area contributed by atoms with E-state index in [0.29, 0.717) is 6.42 Å². The molecular formula is C23H36N4O5S2. The van der Waals surface area contributed by atoms with Gasteiger partial charge in [-0.25, -0.2) is 16.8 Å². The number of carbonyl (C=O) groups is 1. The van der Waals surface area contributed by atoms with E-state index in [4.69, 9.17) is 5.73 Å². The van der Waals surface area contributed by atoms with Crippen LogP contribution in [0.2, 0.25) is 0 Å². The van der Waals surface area contributed by atoms with Gasteiger partial charge in [-0.3, -0.25) is 14.5 Å². The van der Waals surface area contributed by atoms with E-state index in [2.05, 4.69) is 22.0 Å². The molecule has 190 valence electrons. The van der Waals surface area contributed by atoms with Gasteiger partial charge in [0, 0.05) is 6.54 Å². The molecule has 0 spiro atoms. The summed E-state index contributed by atoms with van der Waals surface area (Å²) >= 11 is 0. The number of nitrogens with zero attached hydrogens (tertiary/aromatic N) is 1. The summed E-state index contributed by atoms with van der Waals surface area (Å²) in [7, 11) is -6.95. The summed E-state index contributed by atoms with van der Waals surface area (Å²) in [4.78, 5) is 18.1. The Morgan fingerprint density at radius 3 is 2.26 bits per heavy atom. The maximum atomic E-state index is 13.4. The Kier molecular flexibility index (Phi) is 8.09. The van der Waals surface area contributed by atoms with E-state index in [1.165, 1.54) is 19.1 Å². The molecular weight excluding hydrogens is 476 g/mol. The van der Waals surface area contributed by atoms with Gasteiger partial charge in [-0.1, -0.05) is 38.0 Å². The highest BCUT2D eigenvalue weighted by Gasteiger charge is 2.40. The highest BCUT2D eigenvalue weighted by Crippen LogP contribution is 2.42. The highest BCUT2D eigenvalue weighted by molar-refractivity contribution is 7.91. The first kappa shape index (κ1) is 26.6.